The molecule has 3 rings (SSSR count). The smallest absolute Gasteiger partial charge is 0.329 e. The summed E-state index contributed by atoms with van der Waals surface area (Å²) in [6, 6.07) is 25.2. The summed E-state index contributed by atoms with van der Waals surface area (Å²) >= 11 is 0. The van der Waals surface area contributed by atoms with Crippen LogP contribution in [0.15, 0.2) is 84.9 Å². The summed E-state index contributed by atoms with van der Waals surface area (Å²) in [5.74, 6) is -0.0881. The summed E-state index contributed by atoms with van der Waals surface area (Å²) in [6.07, 6.45) is 0.344. The molecule has 1 N–H and O–H groups in total. The molecule has 1 amide bonds. The summed E-state index contributed by atoms with van der Waals surface area (Å²) in [6.45, 7) is 2.33. The first kappa shape index (κ1) is 21.1. The molecule has 0 bridgehead atoms. The van der Waals surface area contributed by atoms with Crippen LogP contribution in [0.2, 0.25) is 0 Å². The third-order valence-electron chi connectivity index (χ3n) is 4.53. The van der Waals surface area contributed by atoms with Crippen LogP contribution >= 0.6 is 0 Å². The molecule has 5 nitrogen and oxygen atoms in total. The fourth-order valence-electron chi connectivity index (χ4n) is 2.91. The van der Waals surface area contributed by atoms with Crippen molar-refractivity contribution in [1.82, 2.24) is 5.32 Å². The number of rotatable bonds is 9. The lowest BCUT2D eigenvalue weighted by Gasteiger charge is -2.18. The normalized spacial score (nSPS) is 11.4. The van der Waals surface area contributed by atoms with Gasteiger partial charge in [0.1, 0.15) is 25.0 Å². The van der Waals surface area contributed by atoms with Crippen LogP contribution in [0.25, 0.3) is 0 Å². The van der Waals surface area contributed by atoms with E-state index in [4.69, 9.17) is 9.47 Å². The van der Waals surface area contributed by atoms with Crippen molar-refractivity contribution >= 4 is 11.9 Å². The molecule has 30 heavy (non-hydrogen) atoms. The molecule has 0 fully saturated rings. The predicted molar refractivity (Wildman–Crippen MR) is 115 cm³/mol. The van der Waals surface area contributed by atoms with E-state index in [0.717, 1.165) is 16.9 Å². The third kappa shape index (κ3) is 6.48. The van der Waals surface area contributed by atoms with Gasteiger partial charge in [0.05, 0.1) is 0 Å². The topological polar surface area (TPSA) is 64.6 Å². The summed E-state index contributed by atoms with van der Waals surface area (Å²) in [5, 5.41) is 2.79. The van der Waals surface area contributed by atoms with Gasteiger partial charge in [-0.2, -0.15) is 0 Å². The van der Waals surface area contributed by atoms with Crippen molar-refractivity contribution in [2.75, 3.05) is 13.2 Å². The largest absolute Gasteiger partial charge is 0.490 e. The van der Waals surface area contributed by atoms with Crippen LogP contribution in [-0.2, 0) is 16.0 Å². The van der Waals surface area contributed by atoms with E-state index in [9.17, 15) is 9.59 Å². The zero-order valence-electron chi connectivity index (χ0n) is 16.9. The van der Waals surface area contributed by atoms with Gasteiger partial charge in [0.15, 0.2) is 0 Å². The van der Waals surface area contributed by atoms with Crippen molar-refractivity contribution in [3.63, 3.8) is 0 Å². The third-order valence-corrected chi connectivity index (χ3v) is 4.53. The number of carbonyl (C=O) groups is 2. The minimum atomic E-state index is -0.792. The number of nitrogens with one attached hydrogen (secondary N) is 1. The molecular formula is C25H25NO4. The van der Waals surface area contributed by atoms with E-state index in [1.807, 2.05) is 67.6 Å². The van der Waals surface area contributed by atoms with Crippen LogP contribution < -0.4 is 10.1 Å². The molecule has 0 heterocycles. The molecule has 0 aliphatic heterocycles. The van der Waals surface area contributed by atoms with E-state index in [0.29, 0.717) is 12.0 Å². The molecular weight excluding hydrogens is 378 g/mol. The van der Waals surface area contributed by atoms with Gasteiger partial charge in [-0.1, -0.05) is 66.2 Å². The highest BCUT2D eigenvalue weighted by Crippen LogP contribution is 2.11. The van der Waals surface area contributed by atoms with Gasteiger partial charge >= 0.3 is 5.97 Å². The summed E-state index contributed by atoms with van der Waals surface area (Å²) in [7, 11) is 0. The number of esters is 1. The Kier molecular flexibility index (Phi) is 7.61. The van der Waals surface area contributed by atoms with Gasteiger partial charge in [-0.25, -0.2) is 4.79 Å². The molecule has 0 unspecified atom stereocenters. The van der Waals surface area contributed by atoms with E-state index >= 15 is 0 Å². The van der Waals surface area contributed by atoms with E-state index < -0.39 is 12.0 Å². The maximum absolute atomic E-state index is 12.7. The van der Waals surface area contributed by atoms with E-state index in [-0.39, 0.29) is 19.1 Å². The van der Waals surface area contributed by atoms with E-state index in [1.165, 1.54) is 0 Å². The highest BCUT2D eigenvalue weighted by Gasteiger charge is 2.23. The number of hydrogen-bond donors (Lipinski definition) is 1. The number of amides is 1. The second-order valence-electron chi connectivity index (χ2n) is 6.91. The first-order valence-electron chi connectivity index (χ1n) is 9.88. The van der Waals surface area contributed by atoms with Crippen molar-refractivity contribution in [3.05, 3.63) is 102 Å². The Morgan fingerprint density at radius 1 is 0.833 bits per heavy atom. The Morgan fingerprint density at radius 2 is 1.47 bits per heavy atom. The van der Waals surface area contributed by atoms with Crippen molar-refractivity contribution in [2.45, 2.75) is 19.4 Å². The molecule has 0 radical (unpaired) electrons. The quantitative estimate of drug-likeness (QED) is 0.434. The summed E-state index contributed by atoms with van der Waals surface area (Å²) < 4.78 is 11.0. The second-order valence-corrected chi connectivity index (χ2v) is 6.91. The van der Waals surface area contributed by atoms with Gasteiger partial charge in [-0.05, 0) is 36.8 Å². The Bertz CT molecular complexity index is 940. The maximum atomic E-state index is 12.7. The first-order chi connectivity index (χ1) is 14.6. The van der Waals surface area contributed by atoms with Gasteiger partial charge in [-0.15, -0.1) is 0 Å². The number of ether oxygens (including phenoxy) is 2. The summed E-state index contributed by atoms with van der Waals surface area (Å²) in [5.41, 5.74) is 2.57. The highest BCUT2D eigenvalue weighted by atomic mass is 16.6. The average Bonchev–Trinajstić information content (AvgIpc) is 2.78. The molecule has 0 saturated heterocycles. The Balaban J connectivity index is 1.57. The SMILES string of the molecule is Cc1ccc(OCCOC(=O)[C@H](Cc2ccccc2)NC(=O)c2ccccc2)cc1. The van der Waals surface area contributed by atoms with Crippen LogP contribution in [-0.4, -0.2) is 31.1 Å². The maximum Gasteiger partial charge on any atom is 0.329 e. The van der Waals surface area contributed by atoms with Crippen molar-refractivity contribution in [2.24, 2.45) is 0 Å². The molecule has 0 aliphatic carbocycles. The number of benzene rings is 3. The minimum absolute atomic E-state index is 0.0964. The fraction of sp³-hybridized carbons (Fsp3) is 0.200. The van der Waals surface area contributed by atoms with Crippen LogP contribution in [0.4, 0.5) is 0 Å². The van der Waals surface area contributed by atoms with Gasteiger partial charge in [0.25, 0.3) is 5.91 Å². The molecule has 154 valence electrons. The molecule has 0 saturated carbocycles. The van der Waals surface area contributed by atoms with Crippen LogP contribution in [0.3, 0.4) is 0 Å². The van der Waals surface area contributed by atoms with Crippen LogP contribution in [0, 0.1) is 6.92 Å². The highest BCUT2D eigenvalue weighted by molar-refractivity contribution is 5.96. The average molecular weight is 403 g/mol. The van der Waals surface area contributed by atoms with Gasteiger partial charge in [0.2, 0.25) is 0 Å². The van der Waals surface area contributed by atoms with Crippen molar-refractivity contribution in [3.8, 4) is 5.75 Å². The molecule has 5 heteroatoms. The molecule has 3 aromatic rings. The lowest BCUT2D eigenvalue weighted by atomic mass is 10.1. The van der Waals surface area contributed by atoms with E-state index in [1.54, 1.807) is 24.3 Å². The van der Waals surface area contributed by atoms with Crippen LogP contribution in [0.1, 0.15) is 21.5 Å². The lowest BCUT2D eigenvalue weighted by molar-refractivity contribution is -0.146. The van der Waals surface area contributed by atoms with Crippen molar-refractivity contribution in [1.29, 1.82) is 0 Å². The Hall–Kier alpha value is -3.60. The Labute approximate surface area is 176 Å². The van der Waals surface area contributed by atoms with Crippen LogP contribution in [0.5, 0.6) is 5.75 Å². The predicted octanol–water partition coefficient (Wildman–Crippen LogP) is 3.96. The standard InChI is InChI=1S/C25H25NO4/c1-19-12-14-22(15-13-19)29-16-17-30-25(28)23(18-20-8-4-2-5-9-20)26-24(27)21-10-6-3-7-11-21/h2-15,23H,16-18H2,1H3,(H,26,27)/t23-/m0/s1. The second kappa shape index (κ2) is 10.8. The first-order valence-corrected chi connectivity index (χ1v) is 9.88. The Morgan fingerprint density at radius 3 is 2.13 bits per heavy atom. The van der Waals surface area contributed by atoms with E-state index in [2.05, 4.69) is 5.32 Å². The number of aryl methyl sites for hydroxylation is 1. The molecule has 3 aromatic carbocycles. The molecule has 1 atom stereocenters. The zero-order chi connectivity index (χ0) is 21.2. The lowest BCUT2D eigenvalue weighted by Crippen LogP contribution is -2.43. The molecule has 0 aromatic heterocycles. The molecule has 0 spiro atoms. The van der Waals surface area contributed by atoms with Gasteiger partial charge < -0.3 is 14.8 Å². The summed E-state index contributed by atoms with van der Waals surface area (Å²) in [4.78, 5) is 25.2. The monoisotopic (exact) mass is 403 g/mol. The molecule has 0 aliphatic rings. The van der Waals surface area contributed by atoms with Gasteiger partial charge in [0, 0.05) is 12.0 Å². The minimum Gasteiger partial charge on any atom is -0.490 e. The van der Waals surface area contributed by atoms with Crippen molar-refractivity contribution < 1.29 is 19.1 Å². The fourth-order valence-corrected chi connectivity index (χ4v) is 2.91. The van der Waals surface area contributed by atoms with Gasteiger partial charge in [-0.3, -0.25) is 4.79 Å². The zero-order valence-corrected chi connectivity index (χ0v) is 16.9. The number of hydrogen-bond acceptors (Lipinski definition) is 4. The number of carbonyl (C=O) groups excluding carboxylic acids is 2.